The van der Waals surface area contributed by atoms with E-state index in [0.717, 1.165) is 0 Å². The fourth-order valence-electron chi connectivity index (χ4n) is 0.125. The van der Waals surface area contributed by atoms with Gasteiger partial charge in [0.2, 0.25) is 0 Å². The second kappa shape index (κ2) is 2.65. The van der Waals surface area contributed by atoms with Crippen molar-refractivity contribution in [3.8, 4) is 0 Å². The number of halogens is 2. The Kier molecular flexibility index (Phi) is 2.71. The average Bonchev–Trinajstić information content (AvgIpc) is 1.62. The maximum Gasteiger partial charge on any atom is 0.183 e. The second-order valence-electron chi connectivity index (χ2n) is 2.01. The minimum atomic E-state index is -0.843. The van der Waals surface area contributed by atoms with Crippen LogP contribution in [0.15, 0.2) is 5.18 Å². The summed E-state index contributed by atoms with van der Waals surface area (Å²) in [7, 11) is 0. The molecule has 0 aliphatic heterocycles. The third-order valence-electron chi connectivity index (χ3n) is 0.659. The predicted molar refractivity (Wildman–Crippen MR) is 35.4 cm³/mol. The van der Waals surface area contributed by atoms with Crippen LogP contribution in [0.25, 0.3) is 0 Å². The molecule has 0 heterocycles. The Morgan fingerprint density at radius 3 is 2.00 bits per heavy atom. The number of nitroso groups, excluding NO2 is 1. The first kappa shape index (κ1) is 8.18. The molecule has 48 valence electrons. The van der Waals surface area contributed by atoms with Crippen LogP contribution in [0.3, 0.4) is 0 Å². The molecule has 0 aliphatic carbocycles. The first-order valence-electron chi connectivity index (χ1n) is 2.14. The monoisotopic (exact) mass is 155 g/mol. The molecule has 0 aromatic rings. The Bertz CT molecular complexity index is 88.5. The van der Waals surface area contributed by atoms with Gasteiger partial charge in [-0.2, -0.15) is 0 Å². The minimum absolute atomic E-state index is 0.733. The van der Waals surface area contributed by atoms with Gasteiger partial charge in [0.05, 0.1) is 4.87 Å². The van der Waals surface area contributed by atoms with E-state index in [1.807, 2.05) is 0 Å². The van der Waals surface area contributed by atoms with Crippen molar-refractivity contribution in [3.63, 3.8) is 0 Å². The summed E-state index contributed by atoms with van der Waals surface area (Å²) in [6, 6.07) is 0. The largest absolute Gasteiger partial charge is 0.183 e. The van der Waals surface area contributed by atoms with E-state index in [9.17, 15) is 4.91 Å². The summed E-state index contributed by atoms with van der Waals surface area (Å²) < 4.78 is 0. The topological polar surface area (TPSA) is 29.4 Å². The molecule has 0 spiro atoms. The van der Waals surface area contributed by atoms with E-state index in [4.69, 9.17) is 23.2 Å². The molecule has 1 unspecified atom stereocenters. The molecule has 0 fully saturated rings. The molecule has 2 nitrogen and oxygen atoms in total. The van der Waals surface area contributed by atoms with E-state index in [1.54, 1.807) is 13.8 Å². The van der Waals surface area contributed by atoms with Gasteiger partial charge in [-0.05, 0) is 19.0 Å². The van der Waals surface area contributed by atoms with Gasteiger partial charge < -0.3 is 0 Å². The quantitative estimate of drug-likeness (QED) is 0.342. The van der Waals surface area contributed by atoms with Crippen LogP contribution in [0.5, 0.6) is 0 Å². The Hall–Kier alpha value is 0.180. The molecule has 0 radical (unpaired) electrons. The smallest absolute Gasteiger partial charge is 0.149 e. The molecular formula is C4H7Cl2NO. The molecule has 0 rings (SSSR count). The van der Waals surface area contributed by atoms with Crippen LogP contribution in [-0.2, 0) is 0 Å². The molecule has 0 N–H and O–H groups in total. The highest BCUT2D eigenvalue weighted by molar-refractivity contribution is 6.31. The summed E-state index contributed by atoms with van der Waals surface area (Å²) >= 11 is 10.9. The normalized spacial score (nSPS) is 15.5. The van der Waals surface area contributed by atoms with Crippen LogP contribution in [0, 0.1) is 4.91 Å². The van der Waals surface area contributed by atoms with E-state index >= 15 is 0 Å². The van der Waals surface area contributed by atoms with Crippen molar-refractivity contribution < 1.29 is 0 Å². The van der Waals surface area contributed by atoms with E-state index < -0.39 is 10.4 Å². The van der Waals surface area contributed by atoms with Crippen molar-refractivity contribution in [3.05, 3.63) is 4.91 Å². The lowest BCUT2D eigenvalue weighted by molar-refractivity contribution is 0.658. The Balaban J connectivity index is 3.80. The summed E-state index contributed by atoms with van der Waals surface area (Å²) in [6.45, 7) is 3.27. The fourth-order valence-corrected chi connectivity index (χ4v) is 0.165. The van der Waals surface area contributed by atoms with Crippen LogP contribution in [0.2, 0.25) is 0 Å². The van der Waals surface area contributed by atoms with Crippen molar-refractivity contribution in [2.75, 3.05) is 0 Å². The van der Waals surface area contributed by atoms with Gasteiger partial charge in [-0.15, -0.1) is 16.5 Å². The lowest BCUT2D eigenvalue weighted by atomic mass is 10.2. The summed E-state index contributed by atoms with van der Waals surface area (Å²) in [4.78, 5) is 8.95. The third-order valence-corrected chi connectivity index (χ3v) is 1.60. The lowest BCUT2D eigenvalue weighted by Gasteiger charge is -2.14. The highest BCUT2D eigenvalue weighted by Gasteiger charge is 2.25. The Morgan fingerprint density at radius 1 is 1.62 bits per heavy atom. The molecule has 0 aromatic carbocycles. The van der Waals surface area contributed by atoms with Crippen LogP contribution in [0.4, 0.5) is 0 Å². The second-order valence-corrected chi connectivity index (χ2v) is 3.39. The summed E-state index contributed by atoms with van der Waals surface area (Å²) in [5.41, 5.74) is -0.843. The molecule has 1 atom stereocenters. The van der Waals surface area contributed by atoms with E-state index in [2.05, 4.69) is 5.18 Å². The standard InChI is InChI=1S/C4H7Cl2NO/c1-4(2,6)3(5)7-8/h3H,1-2H3. The van der Waals surface area contributed by atoms with Crippen molar-refractivity contribution in [2.45, 2.75) is 24.2 Å². The van der Waals surface area contributed by atoms with Gasteiger partial charge in [-0.1, -0.05) is 11.6 Å². The van der Waals surface area contributed by atoms with Gasteiger partial charge in [0.25, 0.3) is 0 Å². The molecule has 4 heteroatoms. The predicted octanol–water partition coefficient (Wildman–Crippen LogP) is 2.34. The van der Waals surface area contributed by atoms with Crippen LogP contribution < -0.4 is 0 Å². The van der Waals surface area contributed by atoms with Crippen LogP contribution in [0.1, 0.15) is 13.8 Å². The molecule has 0 aromatic heterocycles. The van der Waals surface area contributed by atoms with Gasteiger partial charge >= 0.3 is 0 Å². The molecule has 0 saturated carbocycles. The maximum atomic E-state index is 9.69. The SMILES string of the molecule is CC(C)(Cl)C(Cl)N=O. The van der Waals surface area contributed by atoms with E-state index in [0.29, 0.717) is 0 Å². The number of hydrogen-bond donors (Lipinski definition) is 0. The Labute approximate surface area is 58.1 Å². The highest BCUT2D eigenvalue weighted by atomic mass is 35.5. The fraction of sp³-hybridized carbons (Fsp3) is 1.00. The van der Waals surface area contributed by atoms with Crippen molar-refractivity contribution >= 4 is 23.2 Å². The number of rotatable bonds is 2. The lowest BCUT2D eigenvalue weighted by Crippen LogP contribution is -2.22. The zero-order valence-corrected chi connectivity index (χ0v) is 6.20. The number of nitrogens with zero attached hydrogens (tertiary/aromatic N) is 1. The third kappa shape index (κ3) is 2.48. The molecule has 0 amide bonds. The van der Waals surface area contributed by atoms with Crippen LogP contribution >= 0.6 is 23.2 Å². The van der Waals surface area contributed by atoms with Crippen molar-refractivity contribution in [1.82, 2.24) is 0 Å². The molecule has 0 aliphatic rings. The zero-order chi connectivity index (χ0) is 6.78. The summed E-state index contributed by atoms with van der Waals surface area (Å²) in [5, 5.41) is 2.54. The zero-order valence-electron chi connectivity index (χ0n) is 4.69. The maximum absolute atomic E-state index is 9.69. The minimum Gasteiger partial charge on any atom is -0.149 e. The van der Waals surface area contributed by atoms with Crippen LogP contribution in [-0.4, -0.2) is 10.4 Å². The first-order chi connectivity index (χ1) is 3.48. The van der Waals surface area contributed by atoms with Gasteiger partial charge in [0.15, 0.2) is 5.50 Å². The van der Waals surface area contributed by atoms with E-state index in [-0.39, 0.29) is 0 Å². The number of hydrogen-bond acceptors (Lipinski definition) is 2. The van der Waals surface area contributed by atoms with E-state index in [1.165, 1.54) is 0 Å². The first-order valence-corrected chi connectivity index (χ1v) is 2.95. The molecular weight excluding hydrogens is 149 g/mol. The highest BCUT2D eigenvalue weighted by Crippen LogP contribution is 2.23. The Morgan fingerprint density at radius 2 is 2.00 bits per heavy atom. The molecule has 8 heavy (non-hydrogen) atoms. The summed E-state index contributed by atoms with van der Waals surface area (Å²) in [6.07, 6.45) is 0. The van der Waals surface area contributed by atoms with Gasteiger partial charge in [-0.25, -0.2) is 0 Å². The molecule has 0 saturated heterocycles. The summed E-state index contributed by atoms with van der Waals surface area (Å²) in [5.74, 6) is 0. The van der Waals surface area contributed by atoms with Gasteiger partial charge in [-0.3, -0.25) is 0 Å². The van der Waals surface area contributed by atoms with Crippen molar-refractivity contribution in [2.24, 2.45) is 5.18 Å². The van der Waals surface area contributed by atoms with Crippen molar-refractivity contribution in [1.29, 1.82) is 0 Å². The van der Waals surface area contributed by atoms with Gasteiger partial charge in [0.1, 0.15) is 0 Å². The average molecular weight is 156 g/mol. The van der Waals surface area contributed by atoms with Gasteiger partial charge in [0, 0.05) is 0 Å². The molecule has 0 bridgehead atoms. The number of alkyl halides is 2.